The number of rotatable bonds is 8. The highest BCUT2D eigenvalue weighted by Gasteiger charge is 2.41. The molecule has 8 rings (SSSR count). The number of hydrogen-bond donors (Lipinski definition) is 0. The summed E-state index contributed by atoms with van der Waals surface area (Å²) in [6.07, 6.45) is 0. The zero-order valence-corrected chi connectivity index (χ0v) is 28.9. The minimum absolute atomic E-state index is 0.254. The molecule has 0 aliphatic rings. The Labute approximate surface area is 299 Å². The predicted molar refractivity (Wildman–Crippen MR) is 212 cm³/mol. The maximum absolute atomic E-state index is 14.3. The molecule has 8 aromatic rings. The van der Waals surface area contributed by atoms with Crippen molar-refractivity contribution in [1.29, 1.82) is 0 Å². The second-order valence-electron chi connectivity index (χ2n) is 12.8. The second kappa shape index (κ2) is 14.0. The van der Waals surface area contributed by atoms with E-state index in [9.17, 15) is 8.78 Å². The van der Waals surface area contributed by atoms with Gasteiger partial charge in [-0.1, -0.05) is 182 Å². The molecule has 8 aromatic carbocycles. The van der Waals surface area contributed by atoms with Gasteiger partial charge in [-0.25, -0.2) is 8.78 Å². The monoisotopic (exact) mass is 676 g/mol. The number of hydrogen-bond acceptors (Lipinski definition) is 0. The van der Waals surface area contributed by atoms with Crippen LogP contribution in [0.15, 0.2) is 206 Å². The lowest BCUT2D eigenvalue weighted by Gasteiger charge is -2.35. The molecule has 0 radical (unpaired) electrons. The summed E-state index contributed by atoms with van der Waals surface area (Å²) in [7, 11) is -2.97. The normalized spacial score (nSPS) is 11.3. The van der Waals surface area contributed by atoms with E-state index in [0.29, 0.717) is 0 Å². The molecule has 0 saturated heterocycles. The fraction of sp³-hybridized carbons (Fsp3) is 0. The van der Waals surface area contributed by atoms with E-state index in [4.69, 9.17) is 0 Å². The molecule has 0 saturated carbocycles. The number of halogens is 2. The molecule has 0 atom stereocenters. The highest BCUT2D eigenvalue weighted by atomic mass is 28.3. The van der Waals surface area contributed by atoms with Gasteiger partial charge in [-0.05, 0) is 89.5 Å². The molecule has 0 spiro atoms. The summed E-state index contributed by atoms with van der Waals surface area (Å²) in [5.41, 5.74) is 8.25. The van der Waals surface area contributed by atoms with Crippen LogP contribution in [0.1, 0.15) is 0 Å². The van der Waals surface area contributed by atoms with Gasteiger partial charge in [0, 0.05) is 0 Å². The summed E-state index contributed by atoms with van der Waals surface area (Å²) in [6.45, 7) is 0. The van der Waals surface area contributed by atoms with E-state index in [1.807, 2.05) is 24.3 Å². The van der Waals surface area contributed by atoms with E-state index >= 15 is 0 Å². The standard InChI is InChI=1S/C48H34F2Si/c49-43-15-7-13-41(33-43)39-21-29-47(30-22-39)51(45-25-17-37(18-26-45)35-9-3-1-4-10-35,46-27-19-38(20-28-46)36-11-5-2-6-12-36)48-31-23-40(24-32-48)42-14-8-16-44(50)34-42/h1-34H. The Bertz CT molecular complexity index is 2210. The minimum atomic E-state index is -2.97. The molecule has 0 aliphatic heterocycles. The first-order valence-corrected chi connectivity index (χ1v) is 19.1. The van der Waals surface area contributed by atoms with Gasteiger partial charge in [-0.2, -0.15) is 0 Å². The van der Waals surface area contributed by atoms with Crippen molar-refractivity contribution >= 4 is 28.8 Å². The van der Waals surface area contributed by atoms with Gasteiger partial charge in [0.15, 0.2) is 8.07 Å². The Kier molecular flexibility index (Phi) is 8.79. The fourth-order valence-corrected chi connectivity index (χ4v) is 11.9. The summed E-state index contributed by atoms with van der Waals surface area (Å²) in [6, 6.07) is 69.8. The molecule has 244 valence electrons. The van der Waals surface area contributed by atoms with E-state index in [1.165, 1.54) is 44.0 Å². The van der Waals surface area contributed by atoms with Crippen LogP contribution in [0.25, 0.3) is 44.5 Å². The zero-order valence-electron chi connectivity index (χ0n) is 27.9. The van der Waals surface area contributed by atoms with Crippen molar-refractivity contribution in [2.45, 2.75) is 0 Å². The van der Waals surface area contributed by atoms with E-state index < -0.39 is 8.07 Å². The molecular formula is C48H34F2Si. The lowest BCUT2D eigenvalue weighted by molar-refractivity contribution is 0.628. The van der Waals surface area contributed by atoms with Crippen molar-refractivity contribution in [3.05, 3.63) is 218 Å². The third-order valence-electron chi connectivity index (χ3n) is 9.80. The molecule has 0 aliphatic carbocycles. The highest BCUT2D eigenvalue weighted by molar-refractivity contribution is 7.19. The van der Waals surface area contributed by atoms with Crippen LogP contribution in [0.4, 0.5) is 8.78 Å². The van der Waals surface area contributed by atoms with Crippen LogP contribution in [-0.2, 0) is 0 Å². The highest BCUT2D eigenvalue weighted by Crippen LogP contribution is 2.25. The molecule has 0 heterocycles. The smallest absolute Gasteiger partial charge is 0.179 e. The van der Waals surface area contributed by atoms with Gasteiger partial charge in [0.2, 0.25) is 0 Å². The van der Waals surface area contributed by atoms with Crippen LogP contribution in [0.5, 0.6) is 0 Å². The van der Waals surface area contributed by atoms with Gasteiger partial charge in [0.1, 0.15) is 11.6 Å². The molecule has 3 heteroatoms. The van der Waals surface area contributed by atoms with E-state index in [-0.39, 0.29) is 11.6 Å². The molecule has 0 unspecified atom stereocenters. The molecule has 0 N–H and O–H groups in total. The van der Waals surface area contributed by atoms with Crippen LogP contribution in [-0.4, -0.2) is 8.07 Å². The van der Waals surface area contributed by atoms with Crippen molar-refractivity contribution in [2.75, 3.05) is 0 Å². The van der Waals surface area contributed by atoms with Crippen molar-refractivity contribution < 1.29 is 8.78 Å². The molecule has 0 nitrogen and oxygen atoms in total. The first-order chi connectivity index (χ1) is 25.1. The van der Waals surface area contributed by atoms with Gasteiger partial charge in [0.05, 0.1) is 0 Å². The topological polar surface area (TPSA) is 0 Å². The minimum Gasteiger partial charge on any atom is -0.207 e. The predicted octanol–water partition coefficient (Wildman–Crippen LogP) is 10.0. The summed E-state index contributed by atoms with van der Waals surface area (Å²) >= 11 is 0. The first kappa shape index (κ1) is 32.1. The average molecular weight is 677 g/mol. The summed E-state index contributed by atoms with van der Waals surface area (Å²) in [5, 5.41) is 4.90. The lowest BCUT2D eigenvalue weighted by atomic mass is 10.1. The van der Waals surface area contributed by atoms with Crippen LogP contribution in [0.3, 0.4) is 0 Å². The molecular weight excluding hydrogens is 643 g/mol. The first-order valence-electron chi connectivity index (χ1n) is 17.1. The van der Waals surface area contributed by atoms with Gasteiger partial charge in [-0.3, -0.25) is 0 Å². The SMILES string of the molecule is Fc1cccc(-c2ccc([Si](c3ccc(-c4ccccc4)cc3)(c3ccc(-c4ccccc4)cc3)c3ccc(-c4cccc(F)c4)cc3)cc2)c1. The van der Waals surface area contributed by atoms with E-state index in [0.717, 1.165) is 33.4 Å². The second-order valence-corrected chi connectivity index (χ2v) is 16.6. The van der Waals surface area contributed by atoms with Crippen molar-refractivity contribution in [2.24, 2.45) is 0 Å². The Morgan fingerprint density at radius 1 is 0.235 bits per heavy atom. The molecule has 0 amide bonds. The van der Waals surface area contributed by atoms with Gasteiger partial charge >= 0.3 is 0 Å². The van der Waals surface area contributed by atoms with Crippen LogP contribution < -0.4 is 20.7 Å². The Hall–Kier alpha value is -6.16. The summed E-state index contributed by atoms with van der Waals surface area (Å²) < 4.78 is 28.5. The Balaban J connectivity index is 1.35. The quantitative estimate of drug-likeness (QED) is 0.111. The summed E-state index contributed by atoms with van der Waals surface area (Å²) in [4.78, 5) is 0. The van der Waals surface area contributed by atoms with E-state index in [2.05, 4.69) is 146 Å². The van der Waals surface area contributed by atoms with Gasteiger partial charge in [-0.15, -0.1) is 0 Å². The maximum Gasteiger partial charge on any atom is 0.179 e. The largest absolute Gasteiger partial charge is 0.207 e. The number of benzene rings is 8. The van der Waals surface area contributed by atoms with Crippen molar-refractivity contribution in [3.8, 4) is 44.5 Å². The third kappa shape index (κ3) is 6.36. The lowest BCUT2D eigenvalue weighted by Crippen LogP contribution is -2.74. The van der Waals surface area contributed by atoms with E-state index in [1.54, 1.807) is 24.3 Å². The zero-order chi connectivity index (χ0) is 34.6. The fourth-order valence-electron chi connectivity index (χ4n) is 7.25. The van der Waals surface area contributed by atoms with Gasteiger partial charge < -0.3 is 0 Å². The maximum atomic E-state index is 14.3. The van der Waals surface area contributed by atoms with Gasteiger partial charge in [0.25, 0.3) is 0 Å². The van der Waals surface area contributed by atoms with Crippen LogP contribution >= 0.6 is 0 Å². The third-order valence-corrected chi connectivity index (χ3v) is 14.6. The molecule has 51 heavy (non-hydrogen) atoms. The van der Waals surface area contributed by atoms with Crippen LogP contribution in [0, 0.1) is 11.6 Å². The Morgan fingerprint density at radius 2 is 0.490 bits per heavy atom. The average Bonchev–Trinajstić information content (AvgIpc) is 3.20. The van der Waals surface area contributed by atoms with Crippen molar-refractivity contribution in [1.82, 2.24) is 0 Å². The molecule has 0 bridgehead atoms. The molecule has 0 fully saturated rings. The van der Waals surface area contributed by atoms with Crippen molar-refractivity contribution in [3.63, 3.8) is 0 Å². The molecule has 0 aromatic heterocycles. The summed E-state index contributed by atoms with van der Waals surface area (Å²) in [5.74, 6) is -0.508. The Morgan fingerprint density at radius 3 is 0.784 bits per heavy atom. The van der Waals surface area contributed by atoms with Crippen LogP contribution in [0.2, 0.25) is 0 Å².